The number of H-pyrrole nitrogens is 1. The van der Waals surface area contributed by atoms with E-state index in [0.717, 1.165) is 29.1 Å². The van der Waals surface area contributed by atoms with Crippen LogP contribution < -0.4 is 5.32 Å². The van der Waals surface area contributed by atoms with Gasteiger partial charge in [0.1, 0.15) is 10.4 Å². The van der Waals surface area contributed by atoms with Gasteiger partial charge in [0.05, 0.1) is 0 Å². The third-order valence-corrected chi connectivity index (χ3v) is 2.26. The Morgan fingerprint density at radius 3 is 2.82 bits per heavy atom. The van der Waals surface area contributed by atoms with Gasteiger partial charge in [0.2, 0.25) is 0 Å². The van der Waals surface area contributed by atoms with E-state index in [1.165, 1.54) is 0 Å². The summed E-state index contributed by atoms with van der Waals surface area (Å²) in [6.45, 7) is 2.96. The van der Waals surface area contributed by atoms with E-state index in [9.17, 15) is 0 Å². The second kappa shape index (κ2) is 3.88. The number of likely N-dealkylation sites (N-methyl/N-ethyl adjacent to an activating group) is 1. The molecule has 0 amide bonds. The summed E-state index contributed by atoms with van der Waals surface area (Å²) in [7, 11) is 1.94. The van der Waals surface area contributed by atoms with E-state index in [2.05, 4.69) is 31.2 Å². The fraction of sp³-hybridized carbons (Fsp3) is 0.571. The molecule has 0 unspecified atom stereocenters. The summed E-state index contributed by atoms with van der Waals surface area (Å²) in [5.74, 6) is 1.03. The molecule has 0 saturated heterocycles. The summed E-state index contributed by atoms with van der Waals surface area (Å²) in [6, 6.07) is 0. The van der Waals surface area contributed by atoms with Crippen molar-refractivity contribution in [2.45, 2.75) is 13.3 Å². The van der Waals surface area contributed by atoms with E-state index in [4.69, 9.17) is 0 Å². The lowest BCUT2D eigenvalue weighted by Gasteiger charge is -1.93. The lowest BCUT2D eigenvalue weighted by Crippen LogP contribution is -2.11. The average molecular weight is 218 g/mol. The van der Waals surface area contributed by atoms with Gasteiger partial charge in [-0.25, -0.2) is 4.98 Å². The zero-order valence-corrected chi connectivity index (χ0v) is 8.33. The Bertz CT molecular complexity index is 212. The predicted molar refractivity (Wildman–Crippen MR) is 48.7 cm³/mol. The molecule has 0 saturated carbocycles. The van der Waals surface area contributed by atoms with Crippen molar-refractivity contribution >= 4 is 15.9 Å². The van der Waals surface area contributed by atoms with Gasteiger partial charge in [0, 0.05) is 18.7 Å². The highest BCUT2D eigenvalue weighted by Gasteiger charge is 2.01. The number of nitrogens with zero attached hydrogens (tertiary/aromatic N) is 1. The number of hydrogen-bond acceptors (Lipinski definition) is 2. The van der Waals surface area contributed by atoms with Gasteiger partial charge in [-0.1, -0.05) is 0 Å². The van der Waals surface area contributed by atoms with Gasteiger partial charge >= 0.3 is 0 Å². The maximum Gasteiger partial charge on any atom is 0.127 e. The average Bonchev–Trinajstić information content (AvgIpc) is 2.28. The van der Waals surface area contributed by atoms with Crippen molar-refractivity contribution in [3.8, 4) is 0 Å². The molecule has 0 aliphatic rings. The molecule has 3 nitrogen and oxygen atoms in total. The second-order valence-corrected chi connectivity index (χ2v) is 3.20. The molecule has 0 aliphatic heterocycles. The van der Waals surface area contributed by atoms with E-state index < -0.39 is 0 Å². The SMILES string of the molecule is CNCCc1nc(Br)c(C)[nH]1. The van der Waals surface area contributed by atoms with Gasteiger partial charge in [-0.15, -0.1) is 0 Å². The van der Waals surface area contributed by atoms with Gasteiger partial charge < -0.3 is 10.3 Å². The Kier molecular flexibility index (Phi) is 3.08. The van der Waals surface area contributed by atoms with Gasteiger partial charge in [-0.05, 0) is 29.9 Å². The molecule has 62 valence electrons. The number of nitrogens with one attached hydrogen (secondary N) is 2. The lowest BCUT2D eigenvalue weighted by molar-refractivity contribution is 0.763. The highest BCUT2D eigenvalue weighted by molar-refractivity contribution is 9.10. The second-order valence-electron chi connectivity index (χ2n) is 2.45. The van der Waals surface area contributed by atoms with Crippen LogP contribution in [0.2, 0.25) is 0 Å². The van der Waals surface area contributed by atoms with E-state index >= 15 is 0 Å². The molecular formula is C7H12BrN3. The van der Waals surface area contributed by atoms with Crippen molar-refractivity contribution in [3.63, 3.8) is 0 Å². The van der Waals surface area contributed by atoms with E-state index in [-0.39, 0.29) is 0 Å². The van der Waals surface area contributed by atoms with Crippen LogP contribution in [0.3, 0.4) is 0 Å². The Hall–Kier alpha value is -0.350. The zero-order chi connectivity index (χ0) is 8.27. The third kappa shape index (κ3) is 2.31. The number of rotatable bonds is 3. The van der Waals surface area contributed by atoms with Gasteiger partial charge in [0.15, 0.2) is 0 Å². The molecule has 1 aromatic heterocycles. The van der Waals surface area contributed by atoms with Crippen molar-refractivity contribution < 1.29 is 0 Å². The maximum atomic E-state index is 4.27. The Morgan fingerprint density at radius 1 is 1.64 bits per heavy atom. The monoisotopic (exact) mass is 217 g/mol. The maximum absolute atomic E-state index is 4.27. The Balaban J connectivity index is 2.58. The molecule has 0 spiro atoms. The number of halogens is 1. The van der Waals surface area contributed by atoms with Crippen molar-refractivity contribution in [3.05, 3.63) is 16.1 Å². The van der Waals surface area contributed by atoms with Crippen molar-refractivity contribution in [1.82, 2.24) is 15.3 Å². The van der Waals surface area contributed by atoms with Gasteiger partial charge in [0.25, 0.3) is 0 Å². The number of aromatic nitrogens is 2. The van der Waals surface area contributed by atoms with Crippen molar-refractivity contribution in [2.75, 3.05) is 13.6 Å². The topological polar surface area (TPSA) is 40.7 Å². The molecule has 1 aromatic rings. The Labute approximate surface area is 74.7 Å². The van der Waals surface area contributed by atoms with E-state index in [1.54, 1.807) is 0 Å². The summed E-state index contributed by atoms with van der Waals surface area (Å²) in [6.07, 6.45) is 0.947. The van der Waals surface area contributed by atoms with Crippen LogP contribution in [0.5, 0.6) is 0 Å². The van der Waals surface area contributed by atoms with Crippen molar-refractivity contribution in [2.24, 2.45) is 0 Å². The third-order valence-electron chi connectivity index (χ3n) is 1.49. The minimum Gasteiger partial charge on any atom is -0.345 e. The summed E-state index contributed by atoms with van der Waals surface area (Å²) in [5.41, 5.74) is 1.09. The summed E-state index contributed by atoms with van der Waals surface area (Å²) < 4.78 is 0.920. The normalized spacial score (nSPS) is 10.5. The molecule has 0 aliphatic carbocycles. The molecule has 0 bridgehead atoms. The number of imidazole rings is 1. The van der Waals surface area contributed by atoms with Gasteiger partial charge in [-0.3, -0.25) is 0 Å². The molecule has 0 radical (unpaired) electrons. The van der Waals surface area contributed by atoms with Crippen LogP contribution >= 0.6 is 15.9 Å². The molecule has 11 heavy (non-hydrogen) atoms. The summed E-state index contributed by atoms with van der Waals surface area (Å²) in [4.78, 5) is 7.45. The van der Waals surface area contributed by atoms with Crippen LogP contribution in [0.15, 0.2) is 4.60 Å². The fourth-order valence-corrected chi connectivity index (χ4v) is 1.17. The highest BCUT2D eigenvalue weighted by Crippen LogP contribution is 2.11. The van der Waals surface area contributed by atoms with Gasteiger partial charge in [-0.2, -0.15) is 0 Å². The van der Waals surface area contributed by atoms with Crippen LogP contribution in [-0.4, -0.2) is 23.6 Å². The van der Waals surface area contributed by atoms with Crippen molar-refractivity contribution in [1.29, 1.82) is 0 Å². The first-order chi connectivity index (χ1) is 5.24. The standard InChI is InChI=1S/C7H12BrN3/c1-5-7(8)11-6(10-5)3-4-9-2/h9H,3-4H2,1-2H3,(H,10,11). The smallest absolute Gasteiger partial charge is 0.127 e. The van der Waals surface area contributed by atoms with E-state index in [0.29, 0.717) is 0 Å². The van der Waals surface area contributed by atoms with Crippen LogP contribution in [0.25, 0.3) is 0 Å². The minimum absolute atomic E-state index is 0.920. The number of aryl methyl sites for hydroxylation is 1. The predicted octanol–water partition coefficient (Wildman–Crippen LogP) is 1.24. The molecule has 0 atom stereocenters. The molecule has 0 fully saturated rings. The first-order valence-electron chi connectivity index (χ1n) is 3.59. The minimum atomic E-state index is 0.920. The molecule has 1 rings (SSSR count). The summed E-state index contributed by atoms with van der Waals surface area (Å²) >= 11 is 3.35. The highest BCUT2D eigenvalue weighted by atomic mass is 79.9. The molecular weight excluding hydrogens is 206 g/mol. The van der Waals surface area contributed by atoms with Crippen LogP contribution in [0.1, 0.15) is 11.5 Å². The molecule has 2 N–H and O–H groups in total. The number of hydrogen-bond donors (Lipinski definition) is 2. The van der Waals surface area contributed by atoms with E-state index in [1.807, 2.05) is 14.0 Å². The van der Waals surface area contributed by atoms with Crippen LogP contribution in [0, 0.1) is 6.92 Å². The largest absolute Gasteiger partial charge is 0.345 e. The van der Waals surface area contributed by atoms with Crippen LogP contribution in [0.4, 0.5) is 0 Å². The molecule has 4 heteroatoms. The molecule has 1 heterocycles. The van der Waals surface area contributed by atoms with Crippen LogP contribution in [-0.2, 0) is 6.42 Å². The number of aromatic amines is 1. The molecule has 0 aromatic carbocycles. The fourth-order valence-electron chi connectivity index (χ4n) is 0.860. The first-order valence-corrected chi connectivity index (χ1v) is 4.39. The first kappa shape index (κ1) is 8.74. The zero-order valence-electron chi connectivity index (χ0n) is 6.74. The summed E-state index contributed by atoms with van der Waals surface area (Å²) in [5, 5.41) is 3.07. The lowest BCUT2D eigenvalue weighted by atomic mass is 10.4. The Morgan fingerprint density at radius 2 is 2.36 bits per heavy atom. The quantitative estimate of drug-likeness (QED) is 0.801.